The predicted molar refractivity (Wildman–Crippen MR) is 97.2 cm³/mol. The Balaban J connectivity index is 1.72. The van der Waals surface area contributed by atoms with Crippen LogP contribution in [-0.2, 0) is 4.79 Å². The van der Waals surface area contributed by atoms with Crippen LogP contribution in [0.25, 0.3) is 11.0 Å². The van der Waals surface area contributed by atoms with E-state index in [1.165, 1.54) is 5.56 Å². The fourth-order valence-corrected chi connectivity index (χ4v) is 3.37. The maximum absolute atomic E-state index is 12.1. The zero-order chi connectivity index (χ0) is 17.3. The molecule has 0 atom stereocenters. The second-order valence-corrected chi connectivity index (χ2v) is 7.05. The Labute approximate surface area is 143 Å². The topological polar surface area (TPSA) is 58.1 Å². The number of pyridine rings is 2. The Morgan fingerprint density at radius 3 is 2.58 bits per heavy atom. The molecule has 0 aromatic carbocycles. The first-order valence-electron chi connectivity index (χ1n) is 8.74. The van der Waals surface area contributed by atoms with E-state index in [-0.39, 0.29) is 17.9 Å². The molecule has 0 radical (unpaired) electrons. The molecule has 0 spiro atoms. The number of amides is 1. The van der Waals surface area contributed by atoms with E-state index in [1.54, 1.807) is 0 Å². The maximum Gasteiger partial charge on any atom is 0.223 e. The van der Waals surface area contributed by atoms with Crippen molar-refractivity contribution in [2.24, 2.45) is 5.92 Å². The fourth-order valence-electron chi connectivity index (χ4n) is 3.37. The van der Waals surface area contributed by atoms with E-state index in [1.807, 2.05) is 20.8 Å². The van der Waals surface area contributed by atoms with Crippen LogP contribution in [0.5, 0.6) is 0 Å². The van der Waals surface area contributed by atoms with Gasteiger partial charge in [0.05, 0.1) is 0 Å². The Kier molecular flexibility index (Phi) is 4.69. The van der Waals surface area contributed by atoms with Crippen molar-refractivity contribution in [1.29, 1.82) is 0 Å². The highest BCUT2D eigenvalue weighted by atomic mass is 16.1. The number of carbonyl (C=O) groups is 1. The summed E-state index contributed by atoms with van der Waals surface area (Å²) in [6.07, 6.45) is 1.75. The lowest BCUT2D eigenvalue weighted by molar-refractivity contribution is -0.126. The normalized spacial score (nSPS) is 16.0. The van der Waals surface area contributed by atoms with Crippen LogP contribution in [0.2, 0.25) is 0 Å². The van der Waals surface area contributed by atoms with Crippen LogP contribution in [0, 0.1) is 19.8 Å². The van der Waals surface area contributed by atoms with Crippen molar-refractivity contribution in [1.82, 2.24) is 15.3 Å². The maximum atomic E-state index is 12.1. The lowest BCUT2D eigenvalue weighted by Crippen LogP contribution is -2.42. The van der Waals surface area contributed by atoms with E-state index in [9.17, 15) is 4.79 Å². The summed E-state index contributed by atoms with van der Waals surface area (Å²) in [5.74, 6) is 1.26. The Morgan fingerprint density at radius 2 is 1.92 bits per heavy atom. The Hall–Kier alpha value is -2.17. The molecule has 3 rings (SSSR count). The van der Waals surface area contributed by atoms with E-state index in [4.69, 9.17) is 4.98 Å². The standard InChI is InChI=1S/C19H26N4O/c1-12(2)20-19(24)15-7-9-23(10-8-15)17-6-5-16-13(3)11-14(4)21-18(16)22-17/h5-6,11-12,15H,7-10H2,1-4H3,(H,20,24). The lowest BCUT2D eigenvalue weighted by Gasteiger charge is -2.32. The van der Waals surface area contributed by atoms with Crippen molar-refractivity contribution in [2.45, 2.75) is 46.6 Å². The third-order valence-corrected chi connectivity index (χ3v) is 4.61. The molecule has 2 aromatic rings. The molecule has 1 aliphatic rings. The molecule has 1 fully saturated rings. The third-order valence-electron chi connectivity index (χ3n) is 4.61. The molecule has 1 amide bonds. The summed E-state index contributed by atoms with van der Waals surface area (Å²) >= 11 is 0. The van der Waals surface area contributed by atoms with Crippen LogP contribution in [0.3, 0.4) is 0 Å². The molecule has 1 saturated heterocycles. The number of aromatic nitrogens is 2. The first kappa shape index (κ1) is 16.7. The number of fused-ring (bicyclic) bond motifs is 1. The van der Waals surface area contributed by atoms with E-state index in [2.05, 4.69) is 40.3 Å². The van der Waals surface area contributed by atoms with Gasteiger partial charge in [0.15, 0.2) is 5.65 Å². The van der Waals surface area contributed by atoms with E-state index in [0.29, 0.717) is 0 Å². The highest BCUT2D eigenvalue weighted by molar-refractivity contribution is 5.81. The summed E-state index contributed by atoms with van der Waals surface area (Å²) < 4.78 is 0. The molecule has 2 aromatic heterocycles. The molecule has 0 aliphatic carbocycles. The van der Waals surface area contributed by atoms with Gasteiger partial charge < -0.3 is 10.2 Å². The van der Waals surface area contributed by atoms with Crippen LogP contribution in [0.4, 0.5) is 5.82 Å². The van der Waals surface area contributed by atoms with Gasteiger partial charge in [0, 0.05) is 36.1 Å². The molecule has 1 N–H and O–H groups in total. The first-order valence-corrected chi connectivity index (χ1v) is 8.74. The molecule has 5 heteroatoms. The van der Waals surface area contributed by atoms with E-state index in [0.717, 1.165) is 48.5 Å². The third kappa shape index (κ3) is 3.50. The number of aryl methyl sites for hydroxylation is 2. The zero-order valence-electron chi connectivity index (χ0n) is 15.0. The van der Waals surface area contributed by atoms with Crippen molar-refractivity contribution >= 4 is 22.8 Å². The number of nitrogens with zero attached hydrogens (tertiary/aromatic N) is 3. The van der Waals surface area contributed by atoms with Gasteiger partial charge in [-0.05, 0) is 64.3 Å². The molecular weight excluding hydrogens is 300 g/mol. The predicted octanol–water partition coefficient (Wildman–Crippen LogP) is 2.99. The smallest absolute Gasteiger partial charge is 0.223 e. The Bertz CT molecular complexity index is 748. The summed E-state index contributed by atoms with van der Waals surface area (Å²) in [4.78, 5) is 23.7. The second-order valence-electron chi connectivity index (χ2n) is 7.05. The molecule has 1 aliphatic heterocycles. The van der Waals surface area contributed by atoms with Crippen LogP contribution in [0.1, 0.15) is 37.9 Å². The van der Waals surface area contributed by atoms with E-state index < -0.39 is 0 Å². The minimum absolute atomic E-state index is 0.117. The molecule has 5 nitrogen and oxygen atoms in total. The average molecular weight is 326 g/mol. The van der Waals surface area contributed by atoms with Crippen LogP contribution in [-0.4, -0.2) is 35.0 Å². The van der Waals surface area contributed by atoms with Crippen molar-refractivity contribution < 1.29 is 4.79 Å². The highest BCUT2D eigenvalue weighted by Crippen LogP contribution is 2.25. The minimum atomic E-state index is 0.117. The molecule has 128 valence electrons. The zero-order valence-corrected chi connectivity index (χ0v) is 15.0. The van der Waals surface area contributed by atoms with Gasteiger partial charge in [0.1, 0.15) is 5.82 Å². The monoisotopic (exact) mass is 326 g/mol. The molecule has 24 heavy (non-hydrogen) atoms. The summed E-state index contributed by atoms with van der Waals surface area (Å²) in [6, 6.07) is 6.47. The van der Waals surface area contributed by atoms with Gasteiger partial charge >= 0.3 is 0 Å². The second kappa shape index (κ2) is 6.75. The van der Waals surface area contributed by atoms with Crippen molar-refractivity contribution in [3.05, 3.63) is 29.5 Å². The summed E-state index contributed by atoms with van der Waals surface area (Å²) in [7, 11) is 0. The van der Waals surface area contributed by atoms with Gasteiger partial charge in [-0.15, -0.1) is 0 Å². The number of nitrogens with one attached hydrogen (secondary N) is 1. The van der Waals surface area contributed by atoms with Crippen LogP contribution >= 0.6 is 0 Å². The molecule has 0 bridgehead atoms. The van der Waals surface area contributed by atoms with Crippen LogP contribution in [0.15, 0.2) is 18.2 Å². The Morgan fingerprint density at radius 1 is 1.21 bits per heavy atom. The minimum Gasteiger partial charge on any atom is -0.356 e. The largest absolute Gasteiger partial charge is 0.356 e. The summed E-state index contributed by atoms with van der Waals surface area (Å²) in [5, 5.41) is 4.13. The fraction of sp³-hybridized carbons (Fsp3) is 0.526. The van der Waals surface area contributed by atoms with E-state index >= 15 is 0 Å². The molecule has 3 heterocycles. The number of piperidine rings is 1. The summed E-state index contributed by atoms with van der Waals surface area (Å²) in [5.41, 5.74) is 3.01. The quantitative estimate of drug-likeness (QED) is 0.942. The van der Waals surface area contributed by atoms with Crippen molar-refractivity contribution in [3.8, 4) is 0 Å². The van der Waals surface area contributed by atoms with Gasteiger partial charge in [-0.3, -0.25) is 4.79 Å². The molecule has 0 saturated carbocycles. The number of hydrogen-bond donors (Lipinski definition) is 1. The average Bonchev–Trinajstić information content (AvgIpc) is 2.53. The SMILES string of the molecule is Cc1cc(C)c2ccc(N3CCC(C(=O)NC(C)C)CC3)nc2n1. The highest BCUT2D eigenvalue weighted by Gasteiger charge is 2.26. The van der Waals surface area contributed by atoms with Gasteiger partial charge in [-0.1, -0.05) is 0 Å². The molecular formula is C19H26N4O. The van der Waals surface area contributed by atoms with Gasteiger partial charge in [0.2, 0.25) is 5.91 Å². The number of carbonyl (C=O) groups excluding carboxylic acids is 1. The lowest BCUT2D eigenvalue weighted by atomic mass is 9.95. The van der Waals surface area contributed by atoms with Gasteiger partial charge in [-0.25, -0.2) is 9.97 Å². The number of rotatable bonds is 3. The van der Waals surface area contributed by atoms with Crippen molar-refractivity contribution in [2.75, 3.05) is 18.0 Å². The van der Waals surface area contributed by atoms with Crippen LogP contribution < -0.4 is 10.2 Å². The molecule has 0 unspecified atom stereocenters. The summed E-state index contributed by atoms with van der Waals surface area (Å²) in [6.45, 7) is 9.82. The van der Waals surface area contributed by atoms with Gasteiger partial charge in [0.25, 0.3) is 0 Å². The van der Waals surface area contributed by atoms with Gasteiger partial charge in [-0.2, -0.15) is 0 Å². The number of hydrogen-bond acceptors (Lipinski definition) is 4. The van der Waals surface area contributed by atoms with Crippen molar-refractivity contribution in [3.63, 3.8) is 0 Å². The first-order chi connectivity index (χ1) is 11.4. The number of anilines is 1.